The molecule has 0 amide bonds. The molecule has 0 heterocycles. The molecular weight excluding hydrogens is 198 g/mol. The molecule has 0 saturated heterocycles. The van der Waals surface area contributed by atoms with E-state index >= 15 is 0 Å². The van der Waals surface area contributed by atoms with Crippen LogP contribution in [-0.4, -0.2) is 17.3 Å². The summed E-state index contributed by atoms with van der Waals surface area (Å²) in [6, 6.07) is 8.38. The van der Waals surface area contributed by atoms with E-state index in [1.165, 1.54) is 24.8 Å². The Morgan fingerprint density at radius 3 is 2.62 bits per heavy atom. The van der Waals surface area contributed by atoms with Gasteiger partial charge in [-0.2, -0.15) is 0 Å². The molecule has 0 unspecified atom stereocenters. The minimum absolute atomic E-state index is 0.0773. The highest BCUT2D eigenvalue weighted by molar-refractivity contribution is 5.47. The smallest absolute Gasteiger partial charge is 0.0661 e. The Kier molecular flexibility index (Phi) is 3.49. The number of aliphatic hydroxyl groups is 1. The topological polar surface area (TPSA) is 32.3 Å². The van der Waals surface area contributed by atoms with Gasteiger partial charge in [0.25, 0.3) is 0 Å². The van der Waals surface area contributed by atoms with Gasteiger partial charge in [-0.1, -0.05) is 31.4 Å². The first-order chi connectivity index (χ1) is 7.74. The van der Waals surface area contributed by atoms with E-state index < -0.39 is 0 Å². The Morgan fingerprint density at radius 2 is 2.00 bits per heavy atom. The van der Waals surface area contributed by atoms with Crippen molar-refractivity contribution in [3.05, 3.63) is 29.8 Å². The molecule has 1 aromatic rings. The lowest BCUT2D eigenvalue weighted by molar-refractivity contribution is 0.173. The van der Waals surface area contributed by atoms with Crippen LogP contribution in [0.25, 0.3) is 0 Å². The van der Waals surface area contributed by atoms with E-state index in [0.29, 0.717) is 0 Å². The van der Waals surface area contributed by atoms with Gasteiger partial charge < -0.3 is 10.4 Å². The molecule has 0 atom stereocenters. The monoisotopic (exact) mass is 219 g/mol. The largest absolute Gasteiger partial charge is 0.394 e. The van der Waals surface area contributed by atoms with E-state index in [1.54, 1.807) is 0 Å². The lowest BCUT2D eigenvalue weighted by Gasteiger charge is -2.37. The first-order valence-corrected chi connectivity index (χ1v) is 6.20. The van der Waals surface area contributed by atoms with Gasteiger partial charge in [-0.15, -0.1) is 0 Å². The molecule has 0 aliphatic heterocycles. The molecule has 1 saturated carbocycles. The van der Waals surface area contributed by atoms with Crippen LogP contribution in [0.4, 0.5) is 5.69 Å². The van der Waals surface area contributed by atoms with Crippen molar-refractivity contribution in [1.82, 2.24) is 0 Å². The molecule has 2 heteroatoms. The highest BCUT2D eigenvalue weighted by Crippen LogP contribution is 2.31. The number of rotatable bonds is 3. The van der Waals surface area contributed by atoms with Crippen LogP contribution < -0.4 is 5.32 Å². The number of anilines is 1. The van der Waals surface area contributed by atoms with Crippen LogP contribution in [0.2, 0.25) is 0 Å². The fourth-order valence-electron chi connectivity index (χ4n) is 2.58. The minimum Gasteiger partial charge on any atom is -0.394 e. The molecule has 1 fully saturated rings. The zero-order chi connectivity index (χ0) is 11.4. The fraction of sp³-hybridized carbons (Fsp3) is 0.571. The van der Waals surface area contributed by atoms with Gasteiger partial charge in [0.1, 0.15) is 0 Å². The first kappa shape index (κ1) is 11.5. The summed E-state index contributed by atoms with van der Waals surface area (Å²) in [5.74, 6) is 0. The average Bonchev–Trinajstić information content (AvgIpc) is 2.30. The summed E-state index contributed by atoms with van der Waals surface area (Å²) < 4.78 is 0. The number of nitrogens with one attached hydrogen (secondary N) is 1. The summed E-state index contributed by atoms with van der Waals surface area (Å²) in [5, 5.41) is 13.1. The molecule has 1 aliphatic carbocycles. The molecule has 0 radical (unpaired) electrons. The Hall–Kier alpha value is -1.02. The Balaban J connectivity index is 2.11. The first-order valence-electron chi connectivity index (χ1n) is 6.20. The van der Waals surface area contributed by atoms with Gasteiger partial charge in [0.15, 0.2) is 0 Å². The van der Waals surface area contributed by atoms with Crippen molar-refractivity contribution in [3.8, 4) is 0 Å². The van der Waals surface area contributed by atoms with Crippen LogP contribution in [0.1, 0.15) is 37.7 Å². The SMILES string of the molecule is Cc1cccc(NC2(CO)CCCCC2)c1. The van der Waals surface area contributed by atoms with Gasteiger partial charge in [-0.05, 0) is 37.5 Å². The highest BCUT2D eigenvalue weighted by atomic mass is 16.3. The number of hydrogen-bond acceptors (Lipinski definition) is 2. The van der Waals surface area contributed by atoms with Gasteiger partial charge in [0.05, 0.1) is 12.1 Å². The second-order valence-corrected chi connectivity index (χ2v) is 4.99. The predicted molar refractivity (Wildman–Crippen MR) is 67.7 cm³/mol. The van der Waals surface area contributed by atoms with Crippen molar-refractivity contribution in [2.75, 3.05) is 11.9 Å². The summed E-state index contributed by atoms with van der Waals surface area (Å²) in [6.45, 7) is 2.33. The summed E-state index contributed by atoms with van der Waals surface area (Å²) in [6.07, 6.45) is 5.91. The molecule has 0 aromatic heterocycles. The van der Waals surface area contributed by atoms with Crippen LogP contribution in [0, 0.1) is 6.92 Å². The fourth-order valence-corrected chi connectivity index (χ4v) is 2.58. The summed E-state index contributed by atoms with van der Waals surface area (Å²) in [7, 11) is 0. The summed E-state index contributed by atoms with van der Waals surface area (Å²) >= 11 is 0. The third-order valence-electron chi connectivity index (χ3n) is 3.54. The molecule has 2 nitrogen and oxygen atoms in total. The molecule has 0 bridgehead atoms. The summed E-state index contributed by atoms with van der Waals surface area (Å²) in [4.78, 5) is 0. The number of aliphatic hydroxyl groups excluding tert-OH is 1. The number of hydrogen-bond donors (Lipinski definition) is 2. The van der Waals surface area contributed by atoms with E-state index in [2.05, 4.69) is 36.5 Å². The maximum atomic E-state index is 9.61. The molecule has 88 valence electrons. The third-order valence-corrected chi connectivity index (χ3v) is 3.54. The molecule has 1 aliphatic rings. The Morgan fingerprint density at radius 1 is 1.25 bits per heavy atom. The Bertz CT molecular complexity index is 342. The molecule has 16 heavy (non-hydrogen) atoms. The zero-order valence-electron chi connectivity index (χ0n) is 10.00. The molecular formula is C14H21NO. The van der Waals surface area contributed by atoms with Crippen molar-refractivity contribution in [2.24, 2.45) is 0 Å². The summed E-state index contributed by atoms with van der Waals surface area (Å²) in [5.41, 5.74) is 2.32. The molecule has 2 rings (SSSR count). The molecule has 1 aromatic carbocycles. The second-order valence-electron chi connectivity index (χ2n) is 4.99. The maximum Gasteiger partial charge on any atom is 0.0661 e. The minimum atomic E-state index is -0.0773. The van der Waals surface area contributed by atoms with E-state index in [-0.39, 0.29) is 12.1 Å². The standard InChI is InChI=1S/C14H21NO/c1-12-6-5-7-13(10-12)15-14(11-16)8-3-2-4-9-14/h5-7,10,15-16H,2-4,8-9,11H2,1H3. The number of benzene rings is 1. The van der Waals surface area contributed by atoms with Crippen LogP contribution >= 0.6 is 0 Å². The van der Waals surface area contributed by atoms with Crippen LogP contribution in [0.15, 0.2) is 24.3 Å². The van der Waals surface area contributed by atoms with E-state index in [4.69, 9.17) is 0 Å². The third kappa shape index (κ3) is 2.56. The van der Waals surface area contributed by atoms with Crippen LogP contribution in [-0.2, 0) is 0 Å². The van der Waals surface area contributed by atoms with Crippen molar-refractivity contribution < 1.29 is 5.11 Å². The maximum absolute atomic E-state index is 9.61. The normalized spacial score (nSPS) is 19.4. The zero-order valence-corrected chi connectivity index (χ0v) is 10.00. The molecule has 0 spiro atoms. The second kappa shape index (κ2) is 4.88. The van der Waals surface area contributed by atoms with Crippen LogP contribution in [0.5, 0.6) is 0 Å². The van der Waals surface area contributed by atoms with Gasteiger partial charge in [-0.3, -0.25) is 0 Å². The van der Waals surface area contributed by atoms with Gasteiger partial charge >= 0.3 is 0 Å². The predicted octanol–water partition coefficient (Wildman–Crippen LogP) is 3.10. The average molecular weight is 219 g/mol. The highest BCUT2D eigenvalue weighted by Gasteiger charge is 2.30. The van der Waals surface area contributed by atoms with Gasteiger partial charge in [0.2, 0.25) is 0 Å². The van der Waals surface area contributed by atoms with E-state index in [9.17, 15) is 5.11 Å². The van der Waals surface area contributed by atoms with Crippen molar-refractivity contribution in [3.63, 3.8) is 0 Å². The van der Waals surface area contributed by atoms with Crippen molar-refractivity contribution in [2.45, 2.75) is 44.6 Å². The molecule has 2 N–H and O–H groups in total. The lowest BCUT2D eigenvalue weighted by Crippen LogP contribution is -2.43. The van der Waals surface area contributed by atoms with Gasteiger partial charge in [0, 0.05) is 5.69 Å². The van der Waals surface area contributed by atoms with Gasteiger partial charge in [-0.25, -0.2) is 0 Å². The quantitative estimate of drug-likeness (QED) is 0.818. The van der Waals surface area contributed by atoms with Crippen LogP contribution in [0.3, 0.4) is 0 Å². The van der Waals surface area contributed by atoms with E-state index in [1.807, 2.05) is 0 Å². The number of aryl methyl sites for hydroxylation is 1. The van der Waals surface area contributed by atoms with Crippen molar-refractivity contribution >= 4 is 5.69 Å². The lowest BCUT2D eigenvalue weighted by atomic mass is 9.82. The van der Waals surface area contributed by atoms with E-state index in [0.717, 1.165) is 18.5 Å². The van der Waals surface area contributed by atoms with Crippen molar-refractivity contribution in [1.29, 1.82) is 0 Å². The Labute approximate surface area is 97.7 Å².